The first kappa shape index (κ1) is 18.5. The van der Waals surface area contributed by atoms with Gasteiger partial charge < -0.3 is 19.7 Å². The summed E-state index contributed by atoms with van der Waals surface area (Å²) in [6.45, 7) is 2.61. The van der Waals surface area contributed by atoms with Crippen molar-refractivity contribution < 1.29 is 14.3 Å². The van der Waals surface area contributed by atoms with E-state index < -0.39 is 0 Å². The van der Waals surface area contributed by atoms with Gasteiger partial charge in [-0.25, -0.2) is 4.68 Å². The number of hydrogen-bond acceptors (Lipinski definition) is 5. The maximum Gasteiger partial charge on any atom is 0.253 e. The zero-order valence-electron chi connectivity index (χ0n) is 16.7. The van der Waals surface area contributed by atoms with Crippen LogP contribution in [0, 0.1) is 0 Å². The molecule has 3 aromatic rings. The quantitative estimate of drug-likeness (QED) is 0.722. The lowest BCUT2D eigenvalue weighted by Gasteiger charge is -2.34. The van der Waals surface area contributed by atoms with Gasteiger partial charge in [0.05, 0.1) is 5.69 Å². The zero-order valence-corrected chi connectivity index (χ0v) is 16.7. The second-order valence-corrected chi connectivity index (χ2v) is 7.59. The Hall–Kier alpha value is -3.48. The highest BCUT2D eigenvalue weighted by Crippen LogP contribution is 2.33. The molecule has 7 nitrogen and oxygen atoms in total. The topological polar surface area (TPSA) is 68.6 Å². The van der Waals surface area contributed by atoms with Crippen LogP contribution in [-0.4, -0.2) is 52.9 Å². The molecule has 2 aromatic carbocycles. The number of aromatic nitrogens is 2. The highest BCUT2D eigenvalue weighted by molar-refractivity contribution is 5.94. The summed E-state index contributed by atoms with van der Waals surface area (Å²) in [5, 5.41) is 7.78. The van der Waals surface area contributed by atoms with Crippen molar-refractivity contribution in [1.29, 1.82) is 0 Å². The minimum absolute atomic E-state index is 0.0655. The number of rotatable bonds is 4. The van der Waals surface area contributed by atoms with E-state index in [1.807, 2.05) is 59.6 Å². The SMILES string of the molecule is O=C(c1ccc(-n2cccn2)cc1)N1CCC[C@@H](Nc2ccc3c(c2)OCCO3)C1. The first-order chi connectivity index (χ1) is 14.8. The van der Waals surface area contributed by atoms with E-state index in [1.165, 1.54) is 0 Å². The highest BCUT2D eigenvalue weighted by atomic mass is 16.6. The largest absolute Gasteiger partial charge is 0.486 e. The van der Waals surface area contributed by atoms with Crippen molar-refractivity contribution >= 4 is 11.6 Å². The van der Waals surface area contributed by atoms with E-state index in [4.69, 9.17) is 9.47 Å². The van der Waals surface area contributed by atoms with Crippen molar-refractivity contribution in [2.45, 2.75) is 18.9 Å². The van der Waals surface area contributed by atoms with Gasteiger partial charge in [0, 0.05) is 48.8 Å². The van der Waals surface area contributed by atoms with Gasteiger partial charge in [-0.1, -0.05) is 0 Å². The Morgan fingerprint density at radius 1 is 1.07 bits per heavy atom. The minimum Gasteiger partial charge on any atom is -0.486 e. The van der Waals surface area contributed by atoms with Gasteiger partial charge in [-0.15, -0.1) is 0 Å². The van der Waals surface area contributed by atoms with Crippen molar-refractivity contribution in [2.24, 2.45) is 0 Å². The molecule has 0 spiro atoms. The number of fused-ring (bicyclic) bond motifs is 1. The lowest BCUT2D eigenvalue weighted by atomic mass is 10.0. The van der Waals surface area contributed by atoms with E-state index in [9.17, 15) is 4.79 Å². The molecule has 30 heavy (non-hydrogen) atoms. The van der Waals surface area contributed by atoms with E-state index in [0.29, 0.717) is 25.3 Å². The molecule has 0 unspecified atom stereocenters. The minimum atomic E-state index is 0.0655. The lowest BCUT2D eigenvalue weighted by Crippen LogP contribution is -2.45. The number of amides is 1. The fraction of sp³-hybridized carbons (Fsp3) is 0.304. The molecule has 5 rings (SSSR count). The maximum atomic E-state index is 13.0. The van der Waals surface area contributed by atoms with E-state index >= 15 is 0 Å². The van der Waals surface area contributed by atoms with Gasteiger partial charge in [-0.2, -0.15) is 5.10 Å². The molecule has 0 saturated carbocycles. The third-order valence-electron chi connectivity index (χ3n) is 5.50. The Kier molecular flexibility index (Phi) is 5.01. The Morgan fingerprint density at radius 2 is 1.90 bits per heavy atom. The molecule has 1 aromatic heterocycles. The van der Waals surface area contributed by atoms with Gasteiger partial charge in [0.25, 0.3) is 5.91 Å². The summed E-state index contributed by atoms with van der Waals surface area (Å²) in [5.41, 5.74) is 2.63. The molecule has 3 heterocycles. The smallest absolute Gasteiger partial charge is 0.253 e. The molecule has 0 bridgehead atoms. The van der Waals surface area contributed by atoms with E-state index in [2.05, 4.69) is 10.4 Å². The van der Waals surface area contributed by atoms with Crippen molar-refractivity contribution in [3.63, 3.8) is 0 Å². The van der Waals surface area contributed by atoms with Crippen LogP contribution < -0.4 is 14.8 Å². The van der Waals surface area contributed by atoms with Crippen molar-refractivity contribution in [3.05, 3.63) is 66.5 Å². The molecule has 0 radical (unpaired) electrons. The number of carbonyl (C=O) groups is 1. The number of carbonyl (C=O) groups excluding carboxylic acids is 1. The fourth-order valence-corrected chi connectivity index (χ4v) is 4.01. The van der Waals surface area contributed by atoms with Crippen molar-refractivity contribution in [2.75, 3.05) is 31.6 Å². The molecule has 154 valence electrons. The number of ether oxygens (including phenoxy) is 2. The summed E-state index contributed by atoms with van der Waals surface area (Å²) < 4.78 is 13.0. The Balaban J connectivity index is 1.24. The Morgan fingerprint density at radius 3 is 2.70 bits per heavy atom. The number of nitrogens with zero attached hydrogens (tertiary/aromatic N) is 3. The standard InChI is InChI=1S/C23H24N4O3/c28-23(17-4-7-20(8-5-17)27-12-2-10-24-27)26-11-1-3-19(16-26)25-18-6-9-21-22(15-18)30-14-13-29-21/h2,4-10,12,15,19,25H,1,3,11,13-14,16H2/t19-/m1/s1. The predicted molar refractivity (Wildman–Crippen MR) is 114 cm³/mol. The third-order valence-corrected chi connectivity index (χ3v) is 5.50. The predicted octanol–water partition coefficient (Wildman–Crippen LogP) is 3.36. The van der Waals surface area contributed by atoms with Crippen LogP contribution in [0.4, 0.5) is 5.69 Å². The first-order valence-electron chi connectivity index (χ1n) is 10.3. The van der Waals surface area contributed by atoms with Crippen molar-refractivity contribution in [3.8, 4) is 17.2 Å². The molecule has 2 aliphatic heterocycles. The number of likely N-dealkylation sites (tertiary alicyclic amines) is 1. The number of anilines is 1. The number of piperidine rings is 1. The van der Waals surface area contributed by atoms with E-state index in [-0.39, 0.29) is 11.9 Å². The molecule has 0 aliphatic carbocycles. The average molecular weight is 404 g/mol. The summed E-state index contributed by atoms with van der Waals surface area (Å²) >= 11 is 0. The summed E-state index contributed by atoms with van der Waals surface area (Å²) in [4.78, 5) is 15.0. The lowest BCUT2D eigenvalue weighted by molar-refractivity contribution is 0.0715. The molecule has 2 aliphatic rings. The van der Waals surface area contributed by atoms with Gasteiger partial charge >= 0.3 is 0 Å². The molecular formula is C23H24N4O3. The molecule has 1 N–H and O–H groups in total. The molecule has 1 saturated heterocycles. The van der Waals surface area contributed by atoms with Gasteiger partial charge in [0.15, 0.2) is 11.5 Å². The number of benzene rings is 2. The third kappa shape index (κ3) is 3.83. The normalized spacial score (nSPS) is 18.1. The summed E-state index contributed by atoms with van der Waals surface area (Å²) in [6.07, 6.45) is 5.62. The summed E-state index contributed by atoms with van der Waals surface area (Å²) in [5.74, 6) is 1.62. The molecule has 1 amide bonds. The Labute approximate surface area is 175 Å². The molecule has 1 fully saturated rings. The average Bonchev–Trinajstić information content (AvgIpc) is 3.34. The molecular weight excluding hydrogens is 380 g/mol. The van der Waals surface area contributed by atoms with Crippen LogP contribution in [-0.2, 0) is 0 Å². The van der Waals surface area contributed by atoms with Crippen molar-refractivity contribution in [1.82, 2.24) is 14.7 Å². The van der Waals surface area contributed by atoms with Crippen LogP contribution in [0.1, 0.15) is 23.2 Å². The molecule has 1 atom stereocenters. The molecule has 7 heteroatoms. The number of hydrogen-bond donors (Lipinski definition) is 1. The van der Waals surface area contributed by atoms with Crippen LogP contribution in [0.5, 0.6) is 11.5 Å². The van der Waals surface area contributed by atoms with Gasteiger partial charge in [-0.05, 0) is 55.3 Å². The van der Waals surface area contributed by atoms with Crippen LogP contribution in [0.3, 0.4) is 0 Å². The zero-order chi connectivity index (χ0) is 20.3. The second kappa shape index (κ2) is 8.10. The fourth-order valence-electron chi connectivity index (χ4n) is 4.01. The maximum absolute atomic E-state index is 13.0. The van der Waals surface area contributed by atoms with Crippen LogP contribution in [0.2, 0.25) is 0 Å². The summed E-state index contributed by atoms with van der Waals surface area (Å²) in [7, 11) is 0. The van der Waals surface area contributed by atoms with Crippen LogP contribution in [0.25, 0.3) is 5.69 Å². The van der Waals surface area contributed by atoms with E-state index in [0.717, 1.165) is 42.3 Å². The monoisotopic (exact) mass is 404 g/mol. The summed E-state index contributed by atoms with van der Waals surface area (Å²) in [6, 6.07) is 15.6. The van der Waals surface area contributed by atoms with E-state index in [1.54, 1.807) is 10.9 Å². The van der Waals surface area contributed by atoms with Gasteiger partial charge in [0.1, 0.15) is 13.2 Å². The number of nitrogens with one attached hydrogen (secondary N) is 1. The highest BCUT2D eigenvalue weighted by Gasteiger charge is 2.25. The second-order valence-electron chi connectivity index (χ2n) is 7.59. The Bertz CT molecular complexity index is 1020. The van der Waals surface area contributed by atoms with Gasteiger partial charge in [-0.3, -0.25) is 4.79 Å². The first-order valence-corrected chi connectivity index (χ1v) is 10.3. The van der Waals surface area contributed by atoms with Crippen LogP contribution >= 0.6 is 0 Å². The van der Waals surface area contributed by atoms with Crippen LogP contribution in [0.15, 0.2) is 60.9 Å². The van der Waals surface area contributed by atoms with Gasteiger partial charge in [0.2, 0.25) is 0 Å².